The Balaban J connectivity index is 2.09. The topological polar surface area (TPSA) is 60.8 Å². The SMILES string of the molecule is CN1C(=O)C[C@@H](O)[C@@H]1Cc1ccc(O)cc1. The summed E-state index contributed by atoms with van der Waals surface area (Å²) in [6.45, 7) is 0. The van der Waals surface area contributed by atoms with Crippen molar-refractivity contribution in [1.82, 2.24) is 4.90 Å². The maximum absolute atomic E-state index is 11.4. The van der Waals surface area contributed by atoms with Crippen molar-refractivity contribution in [1.29, 1.82) is 0 Å². The van der Waals surface area contributed by atoms with Gasteiger partial charge in [0, 0.05) is 7.05 Å². The number of phenolic OH excluding ortho intramolecular Hbond substituents is 1. The number of nitrogens with zero attached hydrogens (tertiary/aromatic N) is 1. The van der Waals surface area contributed by atoms with Gasteiger partial charge in [0.05, 0.1) is 18.6 Å². The van der Waals surface area contributed by atoms with Crippen LogP contribution in [0.5, 0.6) is 5.75 Å². The van der Waals surface area contributed by atoms with Crippen LogP contribution in [-0.4, -0.2) is 40.2 Å². The average Bonchev–Trinajstić information content (AvgIpc) is 2.48. The van der Waals surface area contributed by atoms with E-state index in [4.69, 9.17) is 5.11 Å². The summed E-state index contributed by atoms with van der Waals surface area (Å²) in [6.07, 6.45) is 0.231. The summed E-state index contributed by atoms with van der Waals surface area (Å²) in [5, 5.41) is 18.9. The normalized spacial score (nSPS) is 25.1. The molecular formula is C12H15NO3. The molecular weight excluding hydrogens is 206 g/mol. The standard InChI is InChI=1S/C12H15NO3/c1-13-10(11(15)7-12(13)16)6-8-2-4-9(14)5-3-8/h2-5,10-11,14-15H,6-7H2,1H3/t10-,11+/m0/s1. The smallest absolute Gasteiger partial charge is 0.225 e. The predicted octanol–water partition coefficient (Wildman–Crippen LogP) is 0.526. The van der Waals surface area contributed by atoms with E-state index < -0.39 is 6.10 Å². The van der Waals surface area contributed by atoms with Crippen molar-refractivity contribution in [2.45, 2.75) is 25.0 Å². The van der Waals surface area contributed by atoms with E-state index in [-0.39, 0.29) is 24.1 Å². The zero-order chi connectivity index (χ0) is 11.7. The maximum Gasteiger partial charge on any atom is 0.225 e. The van der Waals surface area contributed by atoms with E-state index in [0.29, 0.717) is 6.42 Å². The van der Waals surface area contributed by atoms with E-state index in [2.05, 4.69) is 0 Å². The van der Waals surface area contributed by atoms with Crippen LogP contribution in [0.15, 0.2) is 24.3 Å². The molecule has 0 aromatic heterocycles. The van der Waals surface area contributed by atoms with Crippen LogP contribution < -0.4 is 0 Å². The van der Waals surface area contributed by atoms with Gasteiger partial charge in [-0.25, -0.2) is 0 Å². The molecule has 86 valence electrons. The van der Waals surface area contributed by atoms with Crippen LogP contribution in [0, 0.1) is 0 Å². The fourth-order valence-corrected chi connectivity index (χ4v) is 2.05. The molecule has 0 spiro atoms. The zero-order valence-corrected chi connectivity index (χ0v) is 9.13. The largest absolute Gasteiger partial charge is 0.508 e. The van der Waals surface area contributed by atoms with Crippen molar-refractivity contribution in [2.24, 2.45) is 0 Å². The molecule has 1 aromatic rings. The molecule has 1 saturated heterocycles. The number of likely N-dealkylation sites (tertiary alicyclic amines) is 1. The van der Waals surface area contributed by atoms with Gasteiger partial charge >= 0.3 is 0 Å². The molecule has 1 fully saturated rings. The van der Waals surface area contributed by atoms with Crippen molar-refractivity contribution >= 4 is 5.91 Å². The van der Waals surface area contributed by atoms with E-state index in [9.17, 15) is 9.90 Å². The van der Waals surface area contributed by atoms with Crippen LogP contribution in [-0.2, 0) is 11.2 Å². The quantitative estimate of drug-likeness (QED) is 0.765. The van der Waals surface area contributed by atoms with Crippen LogP contribution in [0.25, 0.3) is 0 Å². The van der Waals surface area contributed by atoms with Crippen LogP contribution >= 0.6 is 0 Å². The van der Waals surface area contributed by atoms with Crippen molar-refractivity contribution in [3.05, 3.63) is 29.8 Å². The maximum atomic E-state index is 11.4. The number of hydrogen-bond acceptors (Lipinski definition) is 3. The third kappa shape index (κ3) is 2.02. The van der Waals surface area contributed by atoms with Crippen LogP contribution in [0.2, 0.25) is 0 Å². The second-order valence-corrected chi connectivity index (χ2v) is 4.21. The number of rotatable bonds is 2. The minimum absolute atomic E-state index is 0.0173. The number of phenols is 1. The Hall–Kier alpha value is -1.55. The summed E-state index contributed by atoms with van der Waals surface area (Å²) >= 11 is 0. The molecule has 1 amide bonds. The number of likely N-dealkylation sites (N-methyl/N-ethyl adjacent to an activating group) is 1. The molecule has 2 atom stereocenters. The molecule has 2 N–H and O–H groups in total. The Labute approximate surface area is 94.1 Å². The zero-order valence-electron chi connectivity index (χ0n) is 9.13. The minimum Gasteiger partial charge on any atom is -0.508 e. The molecule has 0 radical (unpaired) electrons. The molecule has 0 aliphatic carbocycles. The highest BCUT2D eigenvalue weighted by atomic mass is 16.3. The Kier molecular flexibility index (Phi) is 2.83. The first-order valence-corrected chi connectivity index (χ1v) is 5.29. The molecule has 1 aromatic carbocycles. The number of benzene rings is 1. The number of aliphatic hydroxyl groups excluding tert-OH is 1. The second-order valence-electron chi connectivity index (χ2n) is 4.21. The average molecular weight is 221 g/mol. The van der Waals surface area contributed by atoms with Crippen molar-refractivity contribution in [2.75, 3.05) is 7.05 Å². The minimum atomic E-state index is -0.591. The number of amides is 1. The fourth-order valence-electron chi connectivity index (χ4n) is 2.05. The van der Waals surface area contributed by atoms with Gasteiger partial charge in [0.15, 0.2) is 0 Å². The van der Waals surface area contributed by atoms with Gasteiger partial charge in [0.25, 0.3) is 0 Å². The molecule has 0 unspecified atom stereocenters. The van der Waals surface area contributed by atoms with Gasteiger partial charge in [-0.15, -0.1) is 0 Å². The van der Waals surface area contributed by atoms with Gasteiger partial charge in [0.2, 0.25) is 5.91 Å². The van der Waals surface area contributed by atoms with Gasteiger partial charge in [-0.1, -0.05) is 12.1 Å². The number of carbonyl (C=O) groups excluding carboxylic acids is 1. The Morgan fingerprint density at radius 3 is 2.50 bits per heavy atom. The van der Waals surface area contributed by atoms with E-state index >= 15 is 0 Å². The summed E-state index contributed by atoms with van der Waals surface area (Å²) < 4.78 is 0. The molecule has 2 rings (SSSR count). The lowest BCUT2D eigenvalue weighted by Gasteiger charge is -2.22. The highest BCUT2D eigenvalue weighted by molar-refractivity contribution is 5.79. The highest BCUT2D eigenvalue weighted by Crippen LogP contribution is 2.22. The second kappa shape index (κ2) is 4.14. The number of carbonyl (C=O) groups is 1. The van der Waals surface area contributed by atoms with Gasteiger partial charge in [-0.3, -0.25) is 4.79 Å². The first kappa shape index (κ1) is 11.0. The van der Waals surface area contributed by atoms with E-state index in [1.165, 1.54) is 0 Å². The van der Waals surface area contributed by atoms with Crippen LogP contribution in [0.4, 0.5) is 0 Å². The van der Waals surface area contributed by atoms with Crippen molar-refractivity contribution in [3.8, 4) is 5.75 Å². The van der Waals surface area contributed by atoms with E-state index in [0.717, 1.165) is 5.56 Å². The Morgan fingerprint density at radius 1 is 1.38 bits per heavy atom. The Morgan fingerprint density at radius 2 is 2.00 bits per heavy atom. The molecule has 1 aliphatic heterocycles. The molecule has 1 heterocycles. The number of aliphatic hydroxyl groups is 1. The lowest BCUT2D eigenvalue weighted by atomic mass is 10.0. The third-order valence-electron chi connectivity index (χ3n) is 3.10. The summed E-state index contributed by atoms with van der Waals surface area (Å²) in [6, 6.07) is 6.67. The number of aromatic hydroxyl groups is 1. The summed E-state index contributed by atoms with van der Waals surface area (Å²) in [7, 11) is 1.71. The van der Waals surface area contributed by atoms with E-state index in [1.807, 2.05) is 0 Å². The predicted molar refractivity (Wildman–Crippen MR) is 59.0 cm³/mol. The Bertz CT molecular complexity index is 388. The number of hydrogen-bond donors (Lipinski definition) is 2. The van der Waals surface area contributed by atoms with Crippen molar-refractivity contribution in [3.63, 3.8) is 0 Å². The van der Waals surface area contributed by atoms with Gasteiger partial charge in [0.1, 0.15) is 5.75 Å². The molecule has 0 saturated carbocycles. The van der Waals surface area contributed by atoms with Crippen LogP contribution in [0.3, 0.4) is 0 Å². The highest BCUT2D eigenvalue weighted by Gasteiger charge is 2.35. The molecule has 16 heavy (non-hydrogen) atoms. The first-order valence-electron chi connectivity index (χ1n) is 5.29. The summed E-state index contributed by atoms with van der Waals surface area (Å²) in [4.78, 5) is 13.0. The summed E-state index contributed by atoms with van der Waals surface area (Å²) in [5.41, 5.74) is 1.00. The van der Waals surface area contributed by atoms with Gasteiger partial charge in [-0.2, -0.15) is 0 Å². The summed E-state index contributed by atoms with van der Waals surface area (Å²) in [5.74, 6) is 0.205. The third-order valence-corrected chi connectivity index (χ3v) is 3.10. The molecule has 4 nitrogen and oxygen atoms in total. The first-order chi connectivity index (χ1) is 7.58. The molecule has 4 heteroatoms. The fraction of sp³-hybridized carbons (Fsp3) is 0.417. The van der Waals surface area contributed by atoms with Crippen molar-refractivity contribution < 1.29 is 15.0 Å². The van der Waals surface area contributed by atoms with Gasteiger partial charge < -0.3 is 15.1 Å². The lowest BCUT2D eigenvalue weighted by molar-refractivity contribution is -0.127. The van der Waals surface area contributed by atoms with Crippen LogP contribution in [0.1, 0.15) is 12.0 Å². The molecule has 1 aliphatic rings. The van der Waals surface area contributed by atoms with Gasteiger partial charge in [-0.05, 0) is 24.1 Å². The lowest BCUT2D eigenvalue weighted by Crippen LogP contribution is -2.35. The molecule has 0 bridgehead atoms. The van der Waals surface area contributed by atoms with E-state index in [1.54, 1.807) is 36.2 Å². The monoisotopic (exact) mass is 221 g/mol.